The summed E-state index contributed by atoms with van der Waals surface area (Å²) in [5, 5.41) is 19.0. The standard InChI is InChI=1S/C18H20N3O6/c1-2-26-17(23)15(11-19)21(25)16(22)14-9-6-10-20(14)18(24)27-12-13-7-4-3-5-8-13/h3-5,7-8,14,25H,2,6,9-10,12H2,1H3/q+1/t14-/m0/s1. The van der Waals surface area contributed by atoms with E-state index in [0.717, 1.165) is 5.56 Å². The number of benzene rings is 1. The number of hydrogen-bond donors (Lipinski definition) is 1. The Morgan fingerprint density at radius 2 is 2.00 bits per heavy atom. The number of nitriles is 1. The van der Waals surface area contributed by atoms with Crippen LogP contribution in [0.25, 0.3) is 0 Å². The fourth-order valence-corrected chi connectivity index (χ4v) is 2.67. The molecule has 1 aliphatic rings. The molecule has 2 amide bonds. The molecule has 0 bridgehead atoms. The number of likely N-dealkylation sites (tertiary alicyclic amines) is 1. The van der Waals surface area contributed by atoms with E-state index < -0.39 is 29.7 Å². The summed E-state index contributed by atoms with van der Waals surface area (Å²) >= 11 is 0. The van der Waals surface area contributed by atoms with Gasteiger partial charge in [-0.1, -0.05) is 30.3 Å². The van der Waals surface area contributed by atoms with Crippen LogP contribution >= 0.6 is 0 Å². The third kappa shape index (κ3) is 4.82. The quantitative estimate of drug-likeness (QED) is 0.206. The molecule has 2 rings (SSSR count). The van der Waals surface area contributed by atoms with Gasteiger partial charge in [0.1, 0.15) is 6.61 Å². The molecular formula is C18H20N3O6+. The lowest BCUT2D eigenvalue weighted by atomic mass is 10.2. The zero-order valence-electron chi connectivity index (χ0n) is 14.8. The lowest BCUT2D eigenvalue weighted by Gasteiger charge is -2.19. The number of hydroxylamine groups is 1. The number of nitrogens with zero attached hydrogens (tertiary/aromatic N) is 3. The summed E-state index contributed by atoms with van der Waals surface area (Å²) in [6, 6.07) is 9.46. The number of rotatable bonds is 5. The molecule has 1 atom stereocenters. The molecule has 9 heteroatoms. The highest BCUT2D eigenvalue weighted by Gasteiger charge is 2.44. The molecule has 0 aromatic heterocycles. The Labute approximate surface area is 156 Å². The molecule has 0 saturated carbocycles. The van der Waals surface area contributed by atoms with Crippen LogP contribution in [0.15, 0.2) is 30.3 Å². The molecule has 9 nitrogen and oxygen atoms in total. The maximum atomic E-state index is 12.5. The van der Waals surface area contributed by atoms with Gasteiger partial charge in [-0.05, 0) is 25.3 Å². The Balaban J connectivity index is 2.09. The summed E-state index contributed by atoms with van der Waals surface area (Å²) in [5.74, 6) is -2.08. The van der Waals surface area contributed by atoms with Crippen LogP contribution in [0.5, 0.6) is 0 Å². The number of esters is 1. The predicted octanol–water partition coefficient (Wildman–Crippen LogP) is 1.24. The SMILES string of the molecule is CCOC(=O)C(C#N)=[N+](O)C(=O)[C@@H]1CCCN1C(=O)OCc1ccccc1. The van der Waals surface area contributed by atoms with Crippen LogP contribution in [0.4, 0.5) is 4.79 Å². The summed E-state index contributed by atoms with van der Waals surface area (Å²) in [5.41, 5.74) is -0.0644. The maximum absolute atomic E-state index is 12.5. The van der Waals surface area contributed by atoms with Gasteiger partial charge in [-0.3, -0.25) is 10.1 Å². The normalized spacial score (nSPS) is 16.9. The summed E-state index contributed by atoms with van der Waals surface area (Å²) in [6.07, 6.45) is 0.0851. The van der Waals surface area contributed by atoms with Crippen molar-refractivity contribution in [1.82, 2.24) is 4.90 Å². The van der Waals surface area contributed by atoms with Crippen LogP contribution in [0.2, 0.25) is 0 Å². The Morgan fingerprint density at radius 3 is 2.63 bits per heavy atom. The van der Waals surface area contributed by atoms with E-state index in [1.807, 2.05) is 18.2 Å². The summed E-state index contributed by atoms with van der Waals surface area (Å²) in [7, 11) is 0. The Morgan fingerprint density at radius 1 is 1.30 bits per heavy atom. The molecule has 1 aromatic carbocycles. The molecule has 0 aliphatic carbocycles. The number of ether oxygens (including phenoxy) is 2. The topological polar surface area (TPSA) is 120 Å². The Bertz CT molecular complexity index is 784. The molecule has 1 saturated heterocycles. The lowest BCUT2D eigenvalue weighted by Crippen LogP contribution is -2.46. The molecule has 1 aliphatic heterocycles. The van der Waals surface area contributed by atoms with E-state index in [-0.39, 0.29) is 30.9 Å². The fraction of sp³-hybridized carbons (Fsp3) is 0.389. The molecule has 0 spiro atoms. The minimum Gasteiger partial charge on any atom is -0.457 e. The zero-order chi connectivity index (χ0) is 19.8. The van der Waals surface area contributed by atoms with Crippen molar-refractivity contribution in [3.8, 4) is 6.07 Å². The zero-order valence-corrected chi connectivity index (χ0v) is 14.8. The van der Waals surface area contributed by atoms with E-state index in [1.165, 1.54) is 17.9 Å². The summed E-state index contributed by atoms with van der Waals surface area (Å²) in [4.78, 5) is 37.7. The maximum Gasteiger partial charge on any atom is 0.458 e. The monoisotopic (exact) mass is 374 g/mol. The molecule has 1 N–H and O–H groups in total. The van der Waals surface area contributed by atoms with Crippen LogP contribution in [0, 0.1) is 11.3 Å². The van der Waals surface area contributed by atoms with Gasteiger partial charge in [0.15, 0.2) is 12.1 Å². The minimum atomic E-state index is -1.12. The first-order chi connectivity index (χ1) is 13.0. The highest BCUT2D eigenvalue weighted by Crippen LogP contribution is 2.20. The van der Waals surface area contributed by atoms with E-state index >= 15 is 0 Å². The van der Waals surface area contributed by atoms with Gasteiger partial charge in [0.05, 0.1) is 11.3 Å². The molecule has 142 valence electrons. The number of hydrogen-bond acceptors (Lipinski definition) is 7. The van der Waals surface area contributed by atoms with Crippen LogP contribution in [0.3, 0.4) is 0 Å². The van der Waals surface area contributed by atoms with E-state index in [9.17, 15) is 19.6 Å². The lowest BCUT2D eigenvalue weighted by molar-refractivity contribution is -0.705. The molecule has 0 unspecified atom stereocenters. The third-order valence-electron chi connectivity index (χ3n) is 3.97. The van der Waals surface area contributed by atoms with Gasteiger partial charge in [0, 0.05) is 6.54 Å². The fourth-order valence-electron chi connectivity index (χ4n) is 2.67. The second kappa shape index (κ2) is 9.33. The average molecular weight is 374 g/mol. The van der Waals surface area contributed by atoms with E-state index in [4.69, 9.17) is 10.00 Å². The highest BCUT2D eigenvalue weighted by molar-refractivity contribution is 6.41. The molecule has 0 radical (unpaired) electrons. The van der Waals surface area contributed by atoms with Gasteiger partial charge in [0.25, 0.3) is 0 Å². The Hall–Kier alpha value is -3.41. The van der Waals surface area contributed by atoms with Crippen molar-refractivity contribution < 1.29 is 33.8 Å². The first kappa shape index (κ1) is 19.9. The Kier molecular flexibility index (Phi) is 6.88. The number of carbonyl (C=O) groups excluding carboxylic acids is 3. The average Bonchev–Trinajstić information content (AvgIpc) is 3.17. The second-order valence-electron chi connectivity index (χ2n) is 5.72. The van der Waals surface area contributed by atoms with Crippen molar-refractivity contribution in [2.75, 3.05) is 13.2 Å². The molecule has 1 fully saturated rings. The smallest absolute Gasteiger partial charge is 0.457 e. The van der Waals surface area contributed by atoms with E-state index in [0.29, 0.717) is 6.42 Å². The van der Waals surface area contributed by atoms with Crippen LogP contribution in [0.1, 0.15) is 25.3 Å². The van der Waals surface area contributed by atoms with Crippen molar-refractivity contribution in [3.05, 3.63) is 35.9 Å². The van der Waals surface area contributed by atoms with Gasteiger partial charge in [-0.2, -0.15) is 5.26 Å². The molecular weight excluding hydrogens is 354 g/mol. The largest absolute Gasteiger partial charge is 0.458 e. The number of amides is 2. The molecule has 27 heavy (non-hydrogen) atoms. The van der Waals surface area contributed by atoms with Crippen LogP contribution < -0.4 is 0 Å². The van der Waals surface area contributed by atoms with E-state index in [1.54, 1.807) is 12.1 Å². The van der Waals surface area contributed by atoms with Crippen molar-refractivity contribution in [1.29, 1.82) is 5.26 Å². The van der Waals surface area contributed by atoms with Crippen molar-refractivity contribution in [3.63, 3.8) is 0 Å². The van der Waals surface area contributed by atoms with Crippen LogP contribution in [-0.2, 0) is 25.7 Å². The predicted molar refractivity (Wildman–Crippen MR) is 90.7 cm³/mol. The summed E-state index contributed by atoms with van der Waals surface area (Å²) < 4.78 is 9.80. The summed E-state index contributed by atoms with van der Waals surface area (Å²) in [6.45, 7) is 1.81. The first-order valence-electron chi connectivity index (χ1n) is 8.44. The number of carbonyl (C=O) groups is 3. The second-order valence-corrected chi connectivity index (χ2v) is 5.72. The van der Waals surface area contributed by atoms with Crippen molar-refractivity contribution >= 4 is 23.7 Å². The van der Waals surface area contributed by atoms with Crippen molar-refractivity contribution in [2.24, 2.45) is 0 Å². The van der Waals surface area contributed by atoms with Gasteiger partial charge in [-0.15, -0.1) is 0 Å². The van der Waals surface area contributed by atoms with Crippen LogP contribution in [-0.4, -0.2) is 57.7 Å². The van der Waals surface area contributed by atoms with Gasteiger partial charge in [0.2, 0.25) is 0 Å². The highest BCUT2D eigenvalue weighted by atomic mass is 16.6. The molecule has 1 heterocycles. The van der Waals surface area contributed by atoms with Gasteiger partial charge in [-0.25, -0.2) is 14.4 Å². The van der Waals surface area contributed by atoms with Gasteiger partial charge >= 0.3 is 23.7 Å². The van der Waals surface area contributed by atoms with Gasteiger partial charge < -0.3 is 9.47 Å². The van der Waals surface area contributed by atoms with Crippen molar-refractivity contribution in [2.45, 2.75) is 32.4 Å². The minimum absolute atomic E-state index is 0.0204. The first-order valence-corrected chi connectivity index (χ1v) is 8.44. The molecule has 1 aromatic rings. The third-order valence-corrected chi connectivity index (χ3v) is 3.97. The van der Waals surface area contributed by atoms with E-state index in [2.05, 4.69) is 4.74 Å².